The van der Waals surface area contributed by atoms with Gasteiger partial charge in [0.15, 0.2) is 0 Å². The Morgan fingerprint density at radius 2 is 2.23 bits per heavy atom. The minimum absolute atomic E-state index is 0.0697. The molecule has 1 aromatic heterocycles. The fraction of sp³-hybridized carbons (Fsp3) is 0.765. The van der Waals surface area contributed by atoms with Crippen LogP contribution < -0.4 is 10.6 Å². The van der Waals surface area contributed by atoms with Crippen molar-refractivity contribution in [3.63, 3.8) is 0 Å². The summed E-state index contributed by atoms with van der Waals surface area (Å²) in [4.78, 5) is 11.7. The van der Waals surface area contributed by atoms with Crippen LogP contribution in [0, 0.1) is 17.3 Å². The molecular formula is C17H29N3O2. The number of amides is 2. The molecule has 2 atom stereocenters. The Morgan fingerprint density at radius 1 is 1.50 bits per heavy atom. The van der Waals surface area contributed by atoms with Gasteiger partial charge in [-0.05, 0) is 37.0 Å². The molecular weight excluding hydrogens is 278 g/mol. The Labute approximate surface area is 133 Å². The summed E-state index contributed by atoms with van der Waals surface area (Å²) in [7, 11) is 0. The van der Waals surface area contributed by atoms with Gasteiger partial charge in [-0.3, -0.25) is 0 Å². The van der Waals surface area contributed by atoms with Crippen LogP contribution in [-0.4, -0.2) is 23.8 Å². The molecule has 0 radical (unpaired) electrons. The molecule has 2 N–H and O–H groups in total. The lowest BCUT2D eigenvalue weighted by atomic mass is 9.57. The van der Waals surface area contributed by atoms with E-state index >= 15 is 0 Å². The third-order valence-electron chi connectivity index (χ3n) is 4.79. The van der Waals surface area contributed by atoms with Crippen molar-refractivity contribution < 1.29 is 9.32 Å². The number of aromatic nitrogens is 1. The van der Waals surface area contributed by atoms with E-state index in [1.165, 1.54) is 0 Å². The normalized spacial score (nSPS) is 23.2. The average Bonchev–Trinajstić information content (AvgIpc) is 2.84. The lowest BCUT2D eigenvalue weighted by molar-refractivity contribution is 0.0201. The molecule has 22 heavy (non-hydrogen) atoms. The molecule has 0 aromatic carbocycles. The van der Waals surface area contributed by atoms with Gasteiger partial charge in [0.2, 0.25) is 0 Å². The van der Waals surface area contributed by atoms with Crippen molar-refractivity contribution >= 4 is 6.03 Å². The first-order chi connectivity index (χ1) is 10.3. The summed E-state index contributed by atoms with van der Waals surface area (Å²) in [6.45, 7) is 11.4. The highest BCUT2D eigenvalue weighted by molar-refractivity contribution is 5.74. The van der Waals surface area contributed by atoms with E-state index < -0.39 is 0 Å². The lowest BCUT2D eigenvalue weighted by Gasteiger charge is -2.52. The standard InChI is InChI=1S/C17H29N3O2/c1-6-18-16(21)19-15-9-12(17(15,4)5)8-13-10-14(22-20-13)7-11(2)3/h10-12,15H,6-9H2,1-5H3,(H2,18,19,21). The van der Waals surface area contributed by atoms with Crippen LogP contribution in [0.2, 0.25) is 0 Å². The molecule has 1 aliphatic rings. The van der Waals surface area contributed by atoms with Crippen LogP contribution in [0.1, 0.15) is 52.5 Å². The highest BCUT2D eigenvalue weighted by Crippen LogP contribution is 2.47. The van der Waals surface area contributed by atoms with Gasteiger partial charge < -0.3 is 15.2 Å². The molecule has 0 bridgehead atoms. The second-order valence-corrected chi connectivity index (χ2v) is 7.40. The van der Waals surface area contributed by atoms with Gasteiger partial charge in [0.1, 0.15) is 5.76 Å². The van der Waals surface area contributed by atoms with Crippen molar-refractivity contribution in [2.45, 2.75) is 59.9 Å². The minimum atomic E-state index is -0.0697. The van der Waals surface area contributed by atoms with Gasteiger partial charge in [-0.2, -0.15) is 0 Å². The summed E-state index contributed by atoms with van der Waals surface area (Å²) in [5, 5.41) is 10.0. The third-order valence-corrected chi connectivity index (χ3v) is 4.79. The maximum Gasteiger partial charge on any atom is 0.315 e. The van der Waals surface area contributed by atoms with E-state index in [1.807, 2.05) is 6.92 Å². The Hall–Kier alpha value is -1.52. The fourth-order valence-electron chi connectivity index (χ4n) is 3.18. The van der Waals surface area contributed by atoms with Crippen LogP contribution in [0.25, 0.3) is 0 Å². The molecule has 0 aliphatic heterocycles. The van der Waals surface area contributed by atoms with Crippen LogP contribution in [0.4, 0.5) is 4.79 Å². The second-order valence-electron chi connectivity index (χ2n) is 7.40. The monoisotopic (exact) mass is 307 g/mol. The summed E-state index contributed by atoms with van der Waals surface area (Å²) < 4.78 is 5.41. The number of hydrogen-bond acceptors (Lipinski definition) is 3. The highest BCUT2D eigenvalue weighted by Gasteiger charge is 2.48. The van der Waals surface area contributed by atoms with Crippen molar-refractivity contribution in [3.05, 3.63) is 17.5 Å². The number of carbonyl (C=O) groups is 1. The summed E-state index contributed by atoms with van der Waals surface area (Å²) in [5.74, 6) is 2.07. The van der Waals surface area contributed by atoms with Gasteiger partial charge in [0.25, 0.3) is 0 Å². The molecule has 1 saturated carbocycles. The molecule has 1 aromatic rings. The molecule has 2 unspecified atom stereocenters. The third kappa shape index (κ3) is 3.81. The summed E-state index contributed by atoms with van der Waals surface area (Å²) in [6, 6.07) is 2.24. The van der Waals surface area contributed by atoms with Gasteiger partial charge in [-0.25, -0.2) is 4.79 Å². The number of nitrogens with zero attached hydrogens (tertiary/aromatic N) is 1. The van der Waals surface area contributed by atoms with E-state index in [9.17, 15) is 4.79 Å². The summed E-state index contributed by atoms with van der Waals surface area (Å²) in [6.07, 6.45) is 2.85. The Kier molecular flexibility index (Phi) is 5.14. The van der Waals surface area contributed by atoms with Crippen molar-refractivity contribution in [1.82, 2.24) is 15.8 Å². The predicted octanol–water partition coefficient (Wildman–Crippen LogP) is 3.15. The molecule has 1 aliphatic carbocycles. The van der Waals surface area contributed by atoms with Gasteiger partial charge >= 0.3 is 6.03 Å². The van der Waals surface area contributed by atoms with E-state index in [4.69, 9.17) is 4.52 Å². The fourth-order valence-corrected chi connectivity index (χ4v) is 3.18. The first-order valence-electron chi connectivity index (χ1n) is 8.31. The van der Waals surface area contributed by atoms with Gasteiger partial charge in [-0.1, -0.05) is 32.9 Å². The maximum atomic E-state index is 11.7. The topological polar surface area (TPSA) is 67.2 Å². The van der Waals surface area contributed by atoms with Crippen molar-refractivity contribution in [2.75, 3.05) is 6.54 Å². The van der Waals surface area contributed by atoms with Gasteiger partial charge in [-0.15, -0.1) is 0 Å². The minimum Gasteiger partial charge on any atom is -0.361 e. The van der Waals surface area contributed by atoms with Crippen LogP contribution >= 0.6 is 0 Å². The van der Waals surface area contributed by atoms with E-state index in [0.717, 1.165) is 30.7 Å². The van der Waals surface area contributed by atoms with Crippen LogP contribution in [0.3, 0.4) is 0 Å². The second kappa shape index (κ2) is 6.71. The molecule has 2 rings (SSSR count). The Bertz CT molecular complexity index is 508. The number of carbonyl (C=O) groups excluding carboxylic acids is 1. The zero-order valence-electron chi connectivity index (χ0n) is 14.4. The van der Waals surface area contributed by atoms with E-state index in [-0.39, 0.29) is 17.5 Å². The van der Waals surface area contributed by atoms with Crippen LogP contribution in [0.15, 0.2) is 10.6 Å². The summed E-state index contributed by atoms with van der Waals surface area (Å²) in [5.41, 5.74) is 1.12. The first-order valence-corrected chi connectivity index (χ1v) is 8.31. The van der Waals surface area contributed by atoms with Gasteiger partial charge in [0, 0.05) is 25.1 Å². The molecule has 1 heterocycles. The van der Waals surface area contributed by atoms with E-state index in [0.29, 0.717) is 18.4 Å². The van der Waals surface area contributed by atoms with Crippen LogP contribution in [0.5, 0.6) is 0 Å². The Balaban J connectivity index is 1.87. The molecule has 5 nitrogen and oxygen atoms in total. The zero-order chi connectivity index (χ0) is 16.3. The lowest BCUT2D eigenvalue weighted by Crippen LogP contribution is -2.60. The highest BCUT2D eigenvalue weighted by atomic mass is 16.5. The van der Waals surface area contributed by atoms with E-state index in [1.54, 1.807) is 0 Å². The predicted molar refractivity (Wildman–Crippen MR) is 86.6 cm³/mol. The smallest absolute Gasteiger partial charge is 0.315 e. The molecule has 2 amide bonds. The first kappa shape index (κ1) is 16.8. The molecule has 0 spiro atoms. The molecule has 1 fully saturated rings. The SMILES string of the molecule is CCNC(=O)NC1CC(Cc2cc(CC(C)C)on2)C1(C)C. The summed E-state index contributed by atoms with van der Waals surface area (Å²) >= 11 is 0. The van der Waals surface area contributed by atoms with E-state index in [2.05, 4.69) is 49.6 Å². The van der Waals surface area contributed by atoms with Crippen molar-refractivity contribution in [2.24, 2.45) is 17.3 Å². The quantitative estimate of drug-likeness (QED) is 0.848. The molecule has 124 valence electrons. The van der Waals surface area contributed by atoms with Crippen LogP contribution in [-0.2, 0) is 12.8 Å². The number of urea groups is 1. The maximum absolute atomic E-state index is 11.7. The zero-order valence-corrected chi connectivity index (χ0v) is 14.4. The molecule has 0 saturated heterocycles. The van der Waals surface area contributed by atoms with Crippen molar-refractivity contribution in [3.8, 4) is 0 Å². The number of nitrogens with one attached hydrogen (secondary N) is 2. The Morgan fingerprint density at radius 3 is 2.82 bits per heavy atom. The number of hydrogen-bond donors (Lipinski definition) is 2. The number of rotatable bonds is 6. The largest absolute Gasteiger partial charge is 0.361 e. The molecule has 5 heteroatoms. The van der Waals surface area contributed by atoms with Gasteiger partial charge in [0.05, 0.1) is 5.69 Å². The van der Waals surface area contributed by atoms with Crippen molar-refractivity contribution in [1.29, 1.82) is 0 Å². The average molecular weight is 307 g/mol.